The molecule has 0 amide bonds. The van der Waals surface area contributed by atoms with E-state index in [1.807, 2.05) is 0 Å². The van der Waals surface area contributed by atoms with Crippen LogP contribution in [0.1, 0.15) is 209 Å². The first-order valence-corrected chi connectivity index (χ1v) is 25.0. The molecule has 0 atom stereocenters. The van der Waals surface area contributed by atoms with Crippen LogP contribution in [0.4, 0.5) is 0 Å². The maximum absolute atomic E-state index is 12.3. The molecule has 0 aromatic heterocycles. The summed E-state index contributed by atoms with van der Waals surface area (Å²) in [6.45, 7) is 16.2. The van der Waals surface area contributed by atoms with Gasteiger partial charge in [0.25, 0.3) is 0 Å². The molecule has 1 aliphatic rings. The Balaban J connectivity index is 0.00000301. The number of allylic oxidation sites excluding steroid dienone is 2. The average molecular weight is 804 g/mol. The van der Waals surface area contributed by atoms with E-state index in [4.69, 9.17) is 0 Å². The molecule has 0 bridgehead atoms. The Bertz CT molecular complexity index is 1320. The van der Waals surface area contributed by atoms with Crippen LogP contribution in [0.3, 0.4) is 0 Å². The van der Waals surface area contributed by atoms with Gasteiger partial charge in [0.2, 0.25) is 11.4 Å². The van der Waals surface area contributed by atoms with Gasteiger partial charge in [0.05, 0.1) is 0 Å². The molecule has 296 valence electrons. The standard InChI is InChI=1S/C47H74N2.2CH3.Pd/c1-8-15-22-28-39-34-43(35-40(29-23-16-9-2)45(39)31-24-17-10-3)47-41(27-20-13-6)36-46(49(47)48)42-32-37(25-18-11-4)44(30-21-14-7)38(33-42)26-19-12-5;;;/h32-36H,8-31H2,1-7H3;2*1H3;. The van der Waals surface area contributed by atoms with Gasteiger partial charge in [0.1, 0.15) is 0 Å². The van der Waals surface area contributed by atoms with E-state index in [0.717, 1.165) is 74.3 Å². The molecule has 0 spiro atoms. The summed E-state index contributed by atoms with van der Waals surface area (Å²) in [4.78, 5) is 0. The number of hydrogen-bond acceptors (Lipinski definition) is 0. The van der Waals surface area contributed by atoms with Crippen molar-refractivity contribution in [1.82, 2.24) is 0 Å². The quantitative estimate of drug-likeness (QED) is 0.0514. The Morgan fingerprint density at radius 1 is 0.442 bits per heavy atom. The molecule has 52 heavy (non-hydrogen) atoms. The van der Waals surface area contributed by atoms with Crippen LogP contribution in [0.2, 0.25) is 10.8 Å². The fraction of sp³-hybridized carbons (Fsp3) is 0.673. The first kappa shape index (κ1) is 46.3. The van der Waals surface area contributed by atoms with Crippen molar-refractivity contribution in [3.63, 3.8) is 0 Å². The van der Waals surface area contributed by atoms with Crippen LogP contribution in [0.25, 0.3) is 16.9 Å². The van der Waals surface area contributed by atoms with E-state index in [-0.39, 0.29) is 0 Å². The zero-order valence-corrected chi connectivity index (χ0v) is 37.1. The Kier molecular flexibility index (Phi) is 24.7. The molecule has 0 saturated heterocycles. The fourth-order valence-corrected chi connectivity index (χ4v) is 7.81. The molecule has 1 heterocycles. The van der Waals surface area contributed by atoms with Gasteiger partial charge in [-0.25, -0.2) is 4.70 Å². The normalized spacial score (nSPS) is 12.9. The Morgan fingerprint density at radius 3 is 1.19 bits per heavy atom. The van der Waals surface area contributed by atoms with E-state index in [1.165, 1.54) is 137 Å². The van der Waals surface area contributed by atoms with Crippen LogP contribution in [0.5, 0.6) is 0 Å². The van der Waals surface area contributed by atoms with E-state index < -0.39 is 0 Å². The molecule has 0 aliphatic carbocycles. The first-order valence-electron chi connectivity index (χ1n) is 21.8. The summed E-state index contributed by atoms with van der Waals surface area (Å²) < 4.78 is 1.61. The van der Waals surface area contributed by atoms with Crippen molar-refractivity contribution in [1.29, 1.82) is 0 Å². The molecule has 2 nitrogen and oxygen atoms in total. The molecule has 2 aromatic carbocycles. The molecular formula is C49H80N2Pd. The molecule has 2 aromatic rings. The molecule has 0 unspecified atom stereocenters. The zero-order chi connectivity index (χ0) is 38.1. The Labute approximate surface area is 331 Å². The number of aryl methyl sites for hydroxylation is 4. The molecule has 0 fully saturated rings. The van der Waals surface area contributed by atoms with Crippen molar-refractivity contribution in [3.8, 4) is 0 Å². The molecule has 0 N–H and O–H groups in total. The second-order valence-corrected chi connectivity index (χ2v) is 16.9. The second-order valence-electron chi connectivity index (χ2n) is 15.4. The minimum atomic E-state index is 0.950. The van der Waals surface area contributed by atoms with Gasteiger partial charge in [-0.05, 0) is 148 Å². The van der Waals surface area contributed by atoms with Crippen LogP contribution in [-0.4, -0.2) is 4.70 Å². The summed E-state index contributed by atoms with van der Waals surface area (Å²) in [5.74, 6) is 0. The monoisotopic (exact) mass is 803 g/mol. The fourth-order valence-electron chi connectivity index (χ4n) is 7.81. The topological polar surface area (TPSA) is 25.3 Å². The molecular weight excluding hydrogens is 723 g/mol. The van der Waals surface area contributed by atoms with Gasteiger partial charge < -0.3 is 5.53 Å². The van der Waals surface area contributed by atoms with E-state index in [2.05, 4.69) is 89.6 Å². The van der Waals surface area contributed by atoms with Crippen molar-refractivity contribution in [2.75, 3.05) is 0 Å². The summed E-state index contributed by atoms with van der Waals surface area (Å²) in [6.07, 6.45) is 31.3. The van der Waals surface area contributed by atoms with Crippen LogP contribution in [-0.2, 0) is 56.5 Å². The summed E-state index contributed by atoms with van der Waals surface area (Å²) in [5, 5.41) is 4.35. The Morgan fingerprint density at radius 2 is 0.769 bits per heavy atom. The summed E-state index contributed by atoms with van der Waals surface area (Å²) in [7, 11) is 0. The second kappa shape index (κ2) is 27.7. The van der Waals surface area contributed by atoms with Gasteiger partial charge >= 0.3 is 28.8 Å². The molecule has 1 aliphatic heterocycles. The van der Waals surface area contributed by atoms with Crippen molar-refractivity contribution in [3.05, 3.63) is 86.0 Å². The van der Waals surface area contributed by atoms with E-state index >= 15 is 0 Å². The van der Waals surface area contributed by atoms with Gasteiger partial charge in [-0.1, -0.05) is 113 Å². The van der Waals surface area contributed by atoms with E-state index in [0.29, 0.717) is 0 Å². The number of unbranched alkanes of at least 4 members (excludes halogenated alkanes) is 10. The van der Waals surface area contributed by atoms with Crippen LogP contribution < -0.4 is 0 Å². The van der Waals surface area contributed by atoms with Gasteiger partial charge in [0, 0.05) is 22.8 Å². The van der Waals surface area contributed by atoms with Crippen LogP contribution in [0, 0.1) is 0 Å². The van der Waals surface area contributed by atoms with Crippen molar-refractivity contribution < 1.29 is 22.7 Å². The predicted molar refractivity (Wildman–Crippen MR) is 228 cm³/mol. The van der Waals surface area contributed by atoms with Gasteiger partial charge in [-0.2, -0.15) is 0 Å². The van der Waals surface area contributed by atoms with E-state index in [1.54, 1.807) is 27.0 Å². The zero-order valence-electron chi connectivity index (χ0n) is 35.6. The SMILES string of the molecule is CCCCCc1cc(C2=C(CCCC)C=C(c3cc(CCCC)c(CCCC)c(CCCC)c3)[N+]2=[N-])cc(CCCCC)c1CCCCC.[CH3][Pd][CH3]. The Hall–Kier alpha value is -1.82. The van der Waals surface area contributed by atoms with Crippen LogP contribution in [0.15, 0.2) is 35.9 Å². The van der Waals surface area contributed by atoms with Gasteiger partial charge in [-0.15, -0.1) is 0 Å². The molecule has 0 saturated carbocycles. The predicted octanol–water partition coefficient (Wildman–Crippen LogP) is 16.1. The first-order chi connectivity index (χ1) is 25.4. The minimum absolute atomic E-state index is 0.950. The third-order valence-electron chi connectivity index (χ3n) is 10.8. The van der Waals surface area contributed by atoms with Crippen LogP contribution >= 0.6 is 0 Å². The number of benzene rings is 2. The van der Waals surface area contributed by atoms with Gasteiger partial charge in [0.15, 0.2) is 0 Å². The van der Waals surface area contributed by atoms with Crippen molar-refractivity contribution in [2.24, 2.45) is 0 Å². The summed E-state index contributed by atoms with van der Waals surface area (Å²) in [6, 6.07) is 9.90. The van der Waals surface area contributed by atoms with Crippen molar-refractivity contribution >= 4 is 11.4 Å². The average Bonchev–Trinajstić information content (AvgIpc) is 3.48. The molecule has 3 heteroatoms. The summed E-state index contributed by atoms with van der Waals surface area (Å²) in [5.41, 5.74) is 27.4. The number of rotatable bonds is 26. The maximum atomic E-state index is 12.3. The van der Waals surface area contributed by atoms with E-state index in [9.17, 15) is 5.53 Å². The summed E-state index contributed by atoms with van der Waals surface area (Å²) >= 11 is 0.950. The molecule has 3 rings (SSSR count). The number of nitrogens with zero attached hydrogens (tertiary/aromatic N) is 2. The third-order valence-corrected chi connectivity index (χ3v) is 10.8. The molecule has 0 radical (unpaired) electrons. The third kappa shape index (κ3) is 14.8. The van der Waals surface area contributed by atoms with Crippen molar-refractivity contribution in [2.45, 2.75) is 213 Å². The number of hydrogen-bond donors (Lipinski definition) is 0. The van der Waals surface area contributed by atoms with Gasteiger partial charge in [-0.3, -0.25) is 0 Å².